The van der Waals surface area contributed by atoms with Crippen LogP contribution in [0, 0.1) is 17.7 Å². The zero-order chi connectivity index (χ0) is 20.6. The number of hydrogen-bond acceptors (Lipinski definition) is 4. The van der Waals surface area contributed by atoms with Gasteiger partial charge in [-0.25, -0.2) is 4.39 Å². The first-order chi connectivity index (χ1) is 14.0. The van der Waals surface area contributed by atoms with Crippen LogP contribution < -0.4 is 10.1 Å². The summed E-state index contributed by atoms with van der Waals surface area (Å²) in [5, 5.41) is 2.91. The number of halogens is 1. The minimum absolute atomic E-state index is 0.186. The maximum atomic E-state index is 12.9. The van der Waals surface area contributed by atoms with Crippen molar-refractivity contribution in [1.29, 1.82) is 0 Å². The summed E-state index contributed by atoms with van der Waals surface area (Å²) in [4.78, 5) is 14.8. The maximum absolute atomic E-state index is 12.9. The van der Waals surface area contributed by atoms with Gasteiger partial charge in [0.15, 0.2) is 5.76 Å². The van der Waals surface area contributed by atoms with Crippen LogP contribution in [0.15, 0.2) is 40.8 Å². The Morgan fingerprint density at radius 1 is 1.14 bits per heavy atom. The number of unbranched alkanes of at least 4 members (excludes halogenated alkanes) is 1. The van der Waals surface area contributed by atoms with Crippen LogP contribution in [-0.4, -0.2) is 37.0 Å². The normalized spacial score (nSPS) is 19.8. The van der Waals surface area contributed by atoms with Gasteiger partial charge in [0.1, 0.15) is 23.9 Å². The lowest BCUT2D eigenvalue weighted by molar-refractivity contribution is 0.0920. The fraction of sp³-hybridized carbons (Fsp3) is 0.522. The van der Waals surface area contributed by atoms with Crippen molar-refractivity contribution in [3.05, 3.63) is 53.7 Å². The molecule has 1 saturated heterocycles. The molecule has 29 heavy (non-hydrogen) atoms. The summed E-state index contributed by atoms with van der Waals surface area (Å²) < 4.78 is 24.0. The van der Waals surface area contributed by atoms with E-state index in [1.165, 1.54) is 31.6 Å². The molecular weight excluding hydrogens is 371 g/mol. The molecule has 158 valence electrons. The summed E-state index contributed by atoms with van der Waals surface area (Å²) in [6, 6.07) is 9.14. The second-order valence-corrected chi connectivity index (χ2v) is 8.18. The van der Waals surface area contributed by atoms with Crippen LogP contribution in [-0.2, 0) is 6.61 Å². The zero-order valence-electron chi connectivity index (χ0n) is 17.3. The van der Waals surface area contributed by atoms with E-state index in [9.17, 15) is 9.18 Å². The first-order valence-electron chi connectivity index (χ1n) is 10.5. The Balaban J connectivity index is 1.33. The molecule has 6 heteroatoms. The number of carbonyl (C=O) groups is 1. The van der Waals surface area contributed by atoms with Crippen LogP contribution in [0.3, 0.4) is 0 Å². The number of furan rings is 1. The molecule has 2 heterocycles. The fourth-order valence-corrected chi connectivity index (χ4v) is 3.99. The van der Waals surface area contributed by atoms with Crippen LogP contribution in [0.4, 0.5) is 4.39 Å². The van der Waals surface area contributed by atoms with Gasteiger partial charge in [0, 0.05) is 19.6 Å². The van der Waals surface area contributed by atoms with E-state index in [-0.39, 0.29) is 24.1 Å². The Morgan fingerprint density at radius 2 is 1.86 bits per heavy atom. The first kappa shape index (κ1) is 21.4. The Kier molecular flexibility index (Phi) is 7.69. The van der Waals surface area contributed by atoms with Crippen molar-refractivity contribution in [3.8, 4) is 5.75 Å². The summed E-state index contributed by atoms with van der Waals surface area (Å²) in [5.74, 6) is 2.41. The topological polar surface area (TPSA) is 54.7 Å². The van der Waals surface area contributed by atoms with E-state index in [2.05, 4.69) is 24.1 Å². The number of nitrogens with zero attached hydrogens (tertiary/aromatic N) is 1. The van der Waals surface area contributed by atoms with Crippen LogP contribution in [0.1, 0.15) is 49.4 Å². The smallest absolute Gasteiger partial charge is 0.286 e. The predicted molar refractivity (Wildman–Crippen MR) is 110 cm³/mol. The van der Waals surface area contributed by atoms with Crippen LogP contribution in [0.5, 0.6) is 5.75 Å². The predicted octanol–water partition coefficient (Wildman–Crippen LogP) is 4.49. The van der Waals surface area contributed by atoms with E-state index >= 15 is 0 Å². The van der Waals surface area contributed by atoms with Gasteiger partial charge in [-0.05, 0) is 74.0 Å². The summed E-state index contributed by atoms with van der Waals surface area (Å²) in [7, 11) is 0. The summed E-state index contributed by atoms with van der Waals surface area (Å²) in [5.41, 5.74) is 0. The Morgan fingerprint density at radius 3 is 2.59 bits per heavy atom. The first-order valence-corrected chi connectivity index (χ1v) is 10.5. The third kappa shape index (κ3) is 6.89. The van der Waals surface area contributed by atoms with Gasteiger partial charge in [0.2, 0.25) is 0 Å². The molecule has 5 nitrogen and oxygen atoms in total. The highest BCUT2D eigenvalue weighted by Crippen LogP contribution is 2.21. The Hall–Kier alpha value is -2.34. The lowest BCUT2D eigenvalue weighted by atomic mass is 9.92. The quantitative estimate of drug-likeness (QED) is 0.628. The fourth-order valence-electron chi connectivity index (χ4n) is 3.99. The maximum Gasteiger partial charge on any atom is 0.286 e. The van der Waals surface area contributed by atoms with Crippen molar-refractivity contribution in [2.24, 2.45) is 11.8 Å². The molecule has 1 aliphatic rings. The number of ether oxygens (including phenoxy) is 1. The molecule has 2 aromatic rings. The molecule has 1 aliphatic heterocycles. The van der Waals surface area contributed by atoms with E-state index in [1.807, 2.05) is 0 Å². The molecule has 0 spiro atoms. The van der Waals surface area contributed by atoms with Gasteiger partial charge < -0.3 is 19.4 Å². The average molecular weight is 403 g/mol. The van der Waals surface area contributed by atoms with Crippen LogP contribution >= 0.6 is 0 Å². The number of rotatable bonds is 9. The number of nitrogens with one attached hydrogen (secondary N) is 1. The number of amides is 1. The van der Waals surface area contributed by atoms with E-state index in [0.717, 1.165) is 31.2 Å². The summed E-state index contributed by atoms with van der Waals surface area (Å²) >= 11 is 0. The molecule has 1 aromatic heterocycles. The molecule has 3 rings (SSSR count). The summed E-state index contributed by atoms with van der Waals surface area (Å²) in [6.45, 7) is 8.94. The molecule has 2 atom stereocenters. The molecule has 0 saturated carbocycles. The van der Waals surface area contributed by atoms with Gasteiger partial charge in [0.05, 0.1) is 0 Å². The van der Waals surface area contributed by atoms with E-state index < -0.39 is 0 Å². The SMILES string of the molecule is CC1CC(C)CN(CCCCNC(=O)c2ccc(COc3ccc(F)cc3)o2)C1. The second-order valence-electron chi connectivity index (χ2n) is 8.18. The van der Waals surface area contributed by atoms with Crippen molar-refractivity contribution in [1.82, 2.24) is 10.2 Å². The van der Waals surface area contributed by atoms with Crippen molar-refractivity contribution in [2.75, 3.05) is 26.2 Å². The van der Waals surface area contributed by atoms with E-state index in [0.29, 0.717) is 18.1 Å². The largest absolute Gasteiger partial charge is 0.486 e. The van der Waals surface area contributed by atoms with Gasteiger partial charge in [-0.15, -0.1) is 0 Å². The van der Waals surface area contributed by atoms with Gasteiger partial charge in [-0.2, -0.15) is 0 Å². The highest BCUT2D eigenvalue weighted by Gasteiger charge is 2.21. The van der Waals surface area contributed by atoms with Crippen molar-refractivity contribution < 1.29 is 18.3 Å². The van der Waals surface area contributed by atoms with Crippen LogP contribution in [0.25, 0.3) is 0 Å². The lowest BCUT2D eigenvalue weighted by Crippen LogP contribution is -2.39. The molecule has 0 radical (unpaired) electrons. The molecule has 1 fully saturated rings. The highest BCUT2D eigenvalue weighted by molar-refractivity contribution is 5.91. The van der Waals surface area contributed by atoms with Crippen molar-refractivity contribution >= 4 is 5.91 Å². The lowest BCUT2D eigenvalue weighted by Gasteiger charge is -2.34. The molecule has 0 aliphatic carbocycles. The van der Waals surface area contributed by atoms with Gasteiger partial charge in [0.25, 0.3) is 5.91 Å². The van der Waals surface area contributed by atoms with Crippen LogP contribution in [0.2, 0.25) is 0 Å². The van der Waals surface area contributed by atoms with Crippen molar-refractivity contribution in [3.63, 3.8) is 0 Å². The third-order valence-electron chi connectivity index (χ3n) is 5.21. The standard InChI is InChI=1S/C23H31FN2O3/c1-17-13-18(2)15-26(14-17)12-4-3-11-25-23(27)22-10-9-21(29-22)16-28-20-7-5-19(24)6-8-20/h5-10,17-18H,3-4,11-16H2,1-2H3,(H,25,27). The van der Waals surface area contributed by atoms with E-state index in [1.54, 1.807) is 24.3 Å². The Labute approximate surface area is 172 Å². The number of carbonyl (C=O) groups excluding carboxylic acids is 1. The second kappa shape index (κ2) is 10.4. The molecule has 1 amide bonds. The molecule has 1 N–H and O–H groups in total. The number of likely N-dealkylation sites (tertiary alicyclic amines) is 1. The van der Waals surface area contributed by atoms with Gasteiger partial charge in [-0.3, -0.25) is 4.79 Å². The number of benzene rings is 1. The third-order valence-corrected chi connectivity index (χ3v) is 5.21. The molecule has 1 aromatic carbocycles. The number of piperidine rings is 1. The zero-order valence-corrected chi connectivity index (χ0v) is 17.3. The minimum Gasteiger partial charge on any atom is -0.486 e. The Bertz CT molecular complexity index is 765. The average Bonchev–Trinajstić information content (AvgIpc) is 3.15. The molecule has 2 unspecified atom stereocenters. The highest BCUT2D eigenvalue weighted by atomic mass is 19.1. The molecular formula is C23H31FN2O3. The van der Waals surface area contributed by atoms with Crippen molar-refractivity contribution in [2.45, 2.75) is 39.7 Å². The van der Waals surface area contributed by atoms with Gasteiger partial charge >= 0.3 is 0 Å². The minimum atomic E-state index is -0.311. The van der Waals surface area contributed by atoms with Gasteiger partial charge in [-0.1, -0.05) is 13.8 Å². The van der Waals surface area contributed by atoms with E-state index in [4.69, 9.17) is 9.15 Å². The summed E-state index contributed by atoms with van der Waals surface area (Å²) in [6.07, 6.45) is 3.35. The molecule has 0 bridgehead atoms. The number of hydrogen-bond donors (Lipinski definition) is 1. The monoisotopic (exact) mass is 402 g/mol.